The van der Waals surface area contributed by atoms with Crippen molar-refractivity contribution in [2.24, 2.45) is 0 Å². The number of carbonyl (C=O) groups is 2. The Bertz CT molecular complexity index is 1310. The number of carbonyl (C=O) groups excluding carboxylic acids is 2. The van der Waals surface area contributed by atoms with E-state index in [1.165, 1.54) is 18.2 Å². The number of anilines is 1. The van der Waals surface area contributed by atoms with Gasteiger partial charge in [-0.05, 0) is 59.5 Å². The second-order valence-corrected chi connectivity index (χ2v) is 8.69. The molecule has 3 aromatic carbocycles. The minimum absolute atomic E-state index is 0.0847. The van der Waals surface area contributed by atoms with E-state index in [0.29, 0.717) is 41.3 Å². The van der Waals surface area contributed by atoms with Crippen LogP contribution in [0.4, 0.5) is 10.1 Å². The van der Waals surface area contributed by atoms with Crippen molar-refractivity contribution in [1.29, 1.82) is 0 Å². The van der Waals surface area contributed by atoms with E-state index in [2.05, 4.69) is 5.32 Å². The maximum Gasteiger partial charge on any atom is 0.254 e. The van der Waals surface area contributed by atoms with Gasteiger partial charge in [-0.25, -0.2) is 4.39 Å². The highest BCUT2D eigenvalue weighted by Crippen LogP contribution is 2.48. The lowest BCUT2D eigenvalue weighted by atomic mass is 9.75. The highest BCUT2D eigenvalue weighted by molar-refractivity contribution is 6.31. The summed E-state index contributed by atoms with van der Waals surface area (Å²) in [6, 6.07) is 14.4. The van der Waals surface area contributed by atoms with Crippen molar-refractivity contribution in [3.63, 3.8) is 0 Å². The summed E-state index contributed by atoms with van der Waals surface area (Å²) in [5.41, 5.74) is 3.35. The number of amides is 2. The standard InChI is InChI=1S/C26H22ClFN2O4/c1-33-21-11-14-9-10-30-24(18(14)13-22(21)34-2)23(16-5-3-4-6-17(16)26(30)32)25(31)29-15-7-8-20(28)19(27)12-15/h3-8,11-13,23-24H,9-10H2,1-2H3,(H,29,31)/t23-,24-/m1/s1. The van der Waals surface area contributed by atoms with E-state index < -0.39 is 17.8 Å². The smallest absolute Gasteiger partial charge is 0.254 e. The van der Waals surface area contributed by atoms with E-state index in [0.717, 1.165) is 11.1 Å². The van der Waals surface area contributed by atoms with Crippen LogP contribution in [0.2, 0.25) is 5.02 Å². The number of halogens is 2. The van der Waals surface area contributed by atoms with Gasteiger partial charge < -0.3 is 19.7 Å². The van der Waals surface area contributed by atoms with Crippen molar-refractivity contribution < 1.29 is 23.5 Å². The average molecular weight is 481 g/mol. The van der Waals surface area contributed by atoms with Crippen molar-refractivity contribution >= 4 is 29.1 Å². The largest absolute Gasteiger partial charge is 0.493 e. The third-order valence-corrected chi connectivity index (χ3v) is 6.78. The molecule has 174 valence electrons. The summed E-state index contributed by atoms with van der Waals surface area (Å²) in [6.45, 7) is 0.465. The van der Waals surface area contributed by atoms with Crippen LogP contribution in [0.1, 0.15) is 39.0 Å². The number of nitrogens with one attached hydrogen (secondary N) is 1. The Morgan fingerprint density at radius 3 is 2.53 bits per heavy atom. The van der Waals surface area contributed by atoms with Crippen LogP contribution >= 0.6 is 11.6 Å². The third kappa shape index (κ3) is 3.56. The zero-order valence-electron chi connectivity index (χ0n) is 18.6. The van der Waals surface area contributed by atoms with Crippen LogP contribution in [0.25, 0.3) is 0 Å². The minimum atomic E-state index is -0.699. The predicted octanol–water partition coefficient (Wildman–Crippen LogP) is 4.97. The third-order valence-electron chi connectivity index (χ3n) is 6.49. The number of fused-ring (bicyclic) bond motifs is 4. The molecule has 0 radical (unpaired) electrons. The Balaban J connectivity index is 1.64. The first-order chi connectivity index (χ1) is 16.4. The Hall–Kier alpha value is -3.58. The fraction of sp³-hybridized carbons (Fsp3) is 0.231. The summed E-state index contributed by atoms with van der Waals surface area (Å²) in [6.07, 6.45) is 0.627. The maximum atomic E-state index is 13.7. The van der Waals surface area contributed by atoms with Gasteiger partial charge in [0.2, 0.25) is 5.91 Å². The number of hydrogen-bond acceptors (Lipinski definition) is 4. The zero-order chi connectivity index (χ0) is 24.0. The number of rotatable bonds is 4. The molecule has 2 aliphatic rings. The van der Waals surface area contributed by atoms with Gasteiger partial charge in [-0.1, -0.05) is 29.8 Å². The average Bonchev–Trinajstić information content (AvgIpc) is 2.85. The van der Waals surface area contributed by atoms with Crippen LogP contribution in [0.15, 0.2) is 54.6 Å². The molecule has 2 aliphatic heterocycles. The van der Waals surface area contributed by atoms with Gasteiger partial charge in [0.05, 0.1) is 31.2 Å². The summed E-state index contributed by atoms with van der Waals surface area (Å²) in [5, 5.41) is 2.78. The van der Waals surface area contributed by atoms with Gasteiger partial charge in [-0.15, -0.1) is 0 Å². The number of ether oxygens (including phenoxy) is 2. The Morgan fingerprint density at radius 2 is 1.79 bits per heavy atom. The number of hydrogen-bond donors (Lipinski definition) is 1. The van der Waals surface area contributed by atoms with Crippen LogP contribution in [-0.2, 0) is 11.2 Å². The first-order valence-corrected chi connectivity index (χ1v) is 11.2. The van der Waals surface area contributed by atoms with Gasteiger partial charge in [-0.3, -0.25) is 9.59 Å². The van der Waals surface area contributed by atoms with Gasteiger partial charge in [-0.2, -0.15) is 0 Å². The fourth-order valence-electron chi connectivity index (χ4n) is 4.93. The van der Waals surface area contributed by atoms with Crippen molar-refractivity contribution in [3.8, 4) is 11.5 Å². The molecule has 34 heavy (non-hydrogen) atoms. The second kappa shape index (κ2) is 8.65. The van der Waals surface area contributed by atoms with Gasteiger partial charge in [0.15, 0.2) is 11.5 Å². The Morgan fingerprint density at radius 1 is 1.06 bits per heavy atom. The first kappa shape index (κ1) is 22.2. The maximum absolute atomic E-state index is 13.7. The molecule has 0 fully saturated rings. The molecule has 2 amide bonds. The van der Waals surface area contributed by atoms with E-state index in [1.54, 1.807) is 31.3 Å². The summed E-state index contributed by atoms with van der Waals surface area (Å²) in [4.78, 5) is 28.9. The van der Waals surface area contributed by atoms with Crippen molar-refractivity contribution in [2.75, 3.05) is 26.1 Å². The Kier molecular flexibility index (Phi) is 5.65. The fourth-order valence-corrected chi connectivity index (χ4v) is 5.11. The predicted molar refractivity (Wildman–Crippen MR) is 126 cm³/mol. The SMILES string of the molecule is COc1cc2c(cc1OC)[C@@H]1[C@H](C(=O)Nc3ccc(F)c(Cl)c3)c3ccccc3C(=O)N1CC2. The van der Waals surface area contributed by atoms with Gasteiger partial charge in [0.25, 0.3) is 5.91 Å². The van der Waals surface area contributed by atoms with Crippen LogP contribution in [0.5, 0.6) is 11.5 Å². The van der Waals surface area contributed by atoms with Crippen LogP contribution in [0.3, 0.4) is 0 Å². The molecule has 0 unspecified atom stereocenters. The summed E-state index contributed by atoms with van der Waals surface area (Å²) in [5.74, 6) is -0.579. The lowest BCUT2D eigenvalue weighted by Gasteiger charge is -2.45. The highest BCUT2D eigenvalue weighted by atomic mass is 35.5. The lowest BCUT2D eigenvalue weighted by molar-refractivity contribution is -0.119. The molecule has 0 saturated heterocycles. The van der Waals surface area contributed by atoms with Crippen LogP contribution < -0.4 is 14.8 Å². The van der Waals surface area contributed by atoms with Gasteiger partial charge >= 0.3 is 0 Å². The molecule has 2 atom stereocenters. The molecule has 0 aromatic heterocycles. The molecule has 3 aromatic rings. The molecule has 6 nitrogen and oxygen atoms in total. The molecule has 0 bridgehead atoms. The molecule has 2 heterocycles. The van der Waals surface area contributed by atoms with Crippen LogP contribution in [0, 0.1) is 5.82 Å². The molecule has 0 spiro atoms. The number of benzene rings is 3. The van der Waals surface area contributed by atoms with Crippen LogP contribution in [-0.4, -0.2) is 37.5 Å². The van der Waals surface area contributed by atoms with Crippen molar-refractivity contribution in [2.45, 2.75) is 18.4 Å². The molecule has 0 aliphatic carbocycles. The molecular weight excluding hydrogens is 459 g/mol. The summed E-state index contributed by atoms with van der Waals surface area (Å²) >= 11 is 5.92. The Labute approximate surface area is 201 Å². The molecular formula is C26H22ClFN2O4. The summed E-state index contributed by atoms with van der Waals surface area (Å²) in [7, 11) is 3.12. The van der Waals surface area contributed by atoms with E-state index in [9.17, 15) is 14.0 Å². The normalized spacial score (nSPS) is 18.5. The number of methoxy groups -OCH3 is 2. The van der Waals surface area contributed by atoms with Gasteiger partial charge in [0.1, 0.15) is 5.82 Å². The topological polar surface area (TPSA) is 67.9 Å². The van der Waals surface area contributed by atoms with E-state index in [-0.39, 0.29) is 16.8 Å². The minimum Gasteiger partial charge on any atom is -0.493 e. The molecule has 5 rings (SSSR count). The zero-order valence-corrected chi connectivity index (χ0v) is 19.4. The summed E-state index contributed by atoms with van der Waals surface area (Å²) < 4.78 is 24.6. The van der Waals surface area contributed by atoms with E-state index in [4.69, 9.17) is 21.1 Å². The van der Waals surface area contributed by atoms with Crippen molar-refractivity contribution in [3.05, 3.63) is 87.7 Å². The molecule has 8 heteroatoms. The quantitative estimate of drug-likeness (QED) is 0.572. The molecule has 1 N–H and O–H groups in total. The van der Waals surface area contributed by atoms with E-state index in [1.807, 2.05) is 24.3 Å². The van der Waals surface area contributed by atoms with E-state index >= 15 is 0 Å². The van der Waals surface area contributed by atoms with Crippen molar-refractivity contribution in [1.82, 2.24) is 4.90 Å². The first-order valence-electron chi connectivity index (χ1n) is 10.8. The lowest BCUT2D eigenvalue weighted by Crippen LogP contribution is -2.49. The van der Waals surface area contributed by atoms with Gasteiger partial charge in [0, 0.05) is 17.8 Å². The molecule has 0 saturated carbocycles. The second-order valence-electron chi connectivity index (χ2n) is 8.28. The number of nitrogens with zero attached hydrogens (tertiary/aromatic N) is 1. The monoisotopic (exact) mass is 480 g/mol. The highest BCUT2D eigenvalue weighted by Gasteiger charge is 2.46.